The van der Waals surface area contributed by atoms with E-state index < -0.39 is 0 Å². The molecule has 6 nitrogen and oxygen atoms in total. The van der Waals surface area contributed by atoms with E-state index >= 15 is 0 Å². The summed E-state index contributed by atoms with van der Waals surface area (Å²) in [5, 5.41) is 9.09. The lowest BCUT2D eigenvalue weighted by Crippen LogP contribution is -2.12. The molecule has 0 fully saturated rings. The zero-order chi connectivity index (χ0) is 22.2. The average Bonchev–Trinajstić information content (AvgIpc) is 3.10. The summed E-state index contributed by atoms with van der Waals surface area (Å²) < 4.78 is 5.34. The summed E-state index contributed by atoms with van der Waals surface area (Å²) >= 11 is 4.64. The normalized spacial score (nSPS) is 10.9. The van der Waals surface area contributed by atoms with Gasteiger partial charge in [-0.15, -0.1) is 11.6 Å². The second-order valence-electron chi connectivity index (χ2n) is 6.10. The van der Waals surface area contributed by atoms with Crippen molar-refractivity contribution in [2.45, 2.75) is 39.5 Å². The molecule has 0 atom stereocenters. The number of carbonyl (C=O) groups excluding carboxylic acids is 2. The van der Waals surface area contributed by atoms with E-state index in [1.807, 2.05) is 24.3 Å². The topological polar surface area (TPSA) is 83.9 Å². The zero-order valence-corrected chi connectivity index (χ0v) is 18.2. The van der Waals surface area contributed by atoms with Crippen molar-refractivity contribution in [2.24, 2.45) is 0 Å². The third-order valence-corrected chi connectivity index (χ3v) is 4.13. The van der Waals surface area contributed by atoms with Crippen molar-refractivity contribution in [2.75, 3.05) is 24.9 Å². The quantitative estimate of drug-likeness (QED) is 0.252. The minimum absolute atomic E-state index is 0.250. The first-order valence-electron chi connectivity index (χ1n) is 9.33. The molecule has 0 saturated heterocycles. The van der Waals surface area contributed by atoms with Gasteiger partial charge in [-0.3, -0.25) is 9.59 Å². The number of aldehydes is 1. The fourth-order valence-electron chi connectivity index (χ4n) is 2.92. The molecule has 0 radical (unpaired) electrons. The Morgan fingerprint density at radius 3 is 2.31 bits per heavy atom. The highest BCUT2D eigenvalue weighted by Gasteiger charge is 2.21. The monoisotopic (exact) mass is 423 g/mol. The second kappa shape index (κ2) is 15.3. The van der Waals surface area contributed by atoms with Gasteiger partial charge in [-0.25, -0.2) is 0 Å². The van der Waals surface area contributed by atoms with Gasteiger partial charge in [0.05, 0.1) is 0 Å². The Morgan fingerprint density at radius 1 is 1.24 bits per heavy atom. The van der Waals surface area contributed by atoms with Crippen LogP contribution in [-0.2, 0) is 20.8 Å². The van der Waals surface area contributed by atoms with Crippen molar-refractivity contribution in [1.29, 1.82) is 0 Å². The molecule has 7 heteroatoms. The Morgan fingerprint density at radius 2 is 1.83 bits per heavy atom. The molecular formula is C22H30ClNO5. The molecule has 1 N–H and O–H groups in total. The number of nitrogens with zero attached hydrogens (tertiary/aromatic N) is 1. The molecule has 1 heterocycles. The predicted octanol–water partition coefficient (Wildman–Crippen LogP) is 4.69. The van der Waals surface area contributed by atoms with Crippen LogP contribution in [0.5, 0.6) is 5.75 Å². The van der Waals surface area contributed by atoms with E-state index in [9.17, 15) is 9.59 Å². The van der Waals surface area contributed by atoms with Crippen LogP contribution in [0, 0.1) is 0 Å². The van der Waals surface area contributed by atoms with E-state index in [1.165, 1.54) is 29.9 Å². The Labute approximate surface area is 177 Å². The van der Waals surface area contributed by atoms with E-state index in [4.69, 9.17) is 14.6 Å². The first-order chi connectivity index (χ1) is 14.0. The SMILES string of the molecule is CC(=O)Oc1cc2c(c3ccccc13)CCN2C.CCCCC=O.CCl.O=CO. The first kappa shape index (κ1) is 26.4. The molecule has 2 aromatic rings. The number of hydrogen-bond donors (Lipinski definition) is 1. The summed E-state index contributed by atoms with van der Waals surface area (Å²) in [6.07, 6.45) is 6.38. The van der Waals surface area contributed by atoms with Gasteiger partial charge in [0.25, 0.3) is 6.47 Å². The molecule has 1 aliphatic heterocycles. The van der Waals surface area contributed by atoms with Gasteiger partial charge in [0.15, 0.2) is 0 Å². The molecule has 160 valence electrons. The average molecular weight is 424 g/mol. The number of esters is 1. The fraction of sp³-hybridized carbons (Fsp3) is 0.409. The van der Waals surface area contributed by atoms with Crippen LogP contribution >= 0.6 is 11.6 Å². The van der Waals surface area contributed by atoms with Crippen LogP contribution in [0.1, 0.15) is 38.7 Å². The molecule has 0 bridgehead atoms. The van der Waals surface area contributed by atoms with Gasteiger partial charge in [0.1, 0.15) is 12.0 Å². The smallest absolute Gasteiger partial charge is 0.308 e. The Bertz CT molecular complexity index is 779. The lowest BCUT2D eigenvalue weighted by atomic mass is 10.0. The number of anilines is 1. The van der Waals surface area contributed by atoms with E-state index in [0.717, 1.165) is 43.9 Å². The van der Waals surface area contributed by atoms with E-state index in [1.54, 1.807) is 0 Å². The second-order valence-corrected chi connectivity index (χ2v) is 6.10. The van der Waals surface area contributed by atoms with Crippen LogP contribution in [0.3, 0.4) is 0 Å². The molecule has 0 spiro atoms. The van der Waals surface area contributed by atoms with Crippen molar-refractivity contribution >= 4 is 46.8 Å². The van der Waals surface area contributed by atoms with Crippen molar-refractivity contribution in [3.63, 3.8) is 0 Å². The summed E-state index contributed by atoms with van der Waals surface area (Å²) in [7, 11) is 2.07. The molecule has 0 saturated carbocycles. The fourth-order valence-corrected chi connectivity index (χ4v) is 2.92. The standard InChI is InChI=1S/C15H15NO2.C5H10O.CH3Cl.CH2O2/c1-10(17)18-15-9-14-12(7-8-16(14)2)11-5-3-4-6-13(11)15;1-2-3-4-5-6;1-2;2-1-3/h3-6,9H,7-8H2,1-2H3;5H,2-4H2,1H3;1H3;1H,(H,2,3). The molecule has 0 unspecified atom stereocenters. The van der Waals surface area contributed by atoms with Gasteiger partial charge in [-0.05, 0) is 23.8 Å². The van der Waals surface area contributed by atoms with Gasteiger partial charge in [0.2, 0.25) is 0 Å². The number of rotatable bonds is 4. The molecule has 2 aromatic carbocycles. The van der Waals surface area contributed by atoms with Crippen LogP contribution in [-0.4, -0.2) is 43.8 Å². The number of likely N-dealkylation sites (N-methyl/N-ethyl adjacent to an activating group) is 1. The molecule has 1 aliphatic rings. The number of hydrogen-bond acceptors (Lipinski definition) is 5. The number of carbonyl (C=O) groups is 3. The van der Waals surface area contributed by atoms with E-state index in [-0.39, 0.29) is 12.4 Å². The number of halogens is 1. The third kappa shape index (κ3) is 8.52. The number of fused-ring (bicyclic) bond motifs is 3. The van der Waals surface area contributed by atoms with Crippen LogP contribution in [0.15, 0.2) is 30.3 Å². The maximum atomic E-state index is 11.2. The van der Waals surface area contributed by atoms with E-state index in [2.05, 4.69) is 36.5 Å². The maximum Gasteiger partial charge on any atom is 0.308 e. The lowest BCUT2D eigenvalue weighted by Gasteiger charge is -2.15. The van der Waals surface area contributed by atoms with Crippen molar-refractivity contribution in [3.05, 3.63) is 35.9 Å². The van der Waals surface area contributed by atoms with Crippen molar-refractivity contribution in [1.82, 2.24) is 0 Å². The highest BCUT2D eigenvalue weighted by Crippen LogP contribution is 2.39. The summed E-state index contributed by atoms with van der Waals surface area (Å²) in [6.45, 7) is 4.28. The lowest BCUT2D eigenvalue weighted by molar-refractivity contribution is -0.131. The van der Waals surface area contributed by atoms with E-state index in [0.29, 0.717) is 5.75 Å². The minimum atomic E-state index is -0.277. The van der Waals surface area contributed by atoms with Crippen molar-refractivity contribution < 1.29 is 24.2 Å². The van der Waals surface area contributed by atoms with Gasteiger partial charge < -0.3 is 19.5 Å². The molecular weight excluding hydrogens is 394 g/mol. The molecule has 0 aliphatic carbocycles. The number of carboxylic acid groups (broad SMARTS) is 1. The van der Waals surface area contributed by atoms with Gasteiger partial charge in [-0.1, -0.05) is 37.6 Å². The summed E-state index contributed by atoms with van der Waals surface area (Å²) in [5.41, 5.74) is 2.52. The highest BCUT2D eigenvalue weighted by molar-refractivity contribution is 6.15. The number of ether oxygens (including phenoxy) is 1. The molecule has 29 heavy (non-hydrogen) atoms. The Balaban J connectivity index is 0.000000602. The number of benzene rings is 2. The summed E-state index contributed by atoms with van der Waals surface area (Å²) in [6, 6.07) is 10.1. The first-order valence-corrected chi connectivity index (χ1v) is 10.1. The van der Waals surface area contributed by atoms with Crippen LogP contribution < -0.4 is 9.64 Å². The molecule has 3 rings (SSSR count). The predicted molar refractivity (Wildman–Crippen MR) is 118 cm³/mol. The van der Waals surface area contributed by atoms with Crippen LogP contribution in [0.4, 0.5) is 5.69 Å². The maximum absolute atomic E-state index is 11.2. The van der Waals surface area contributed by atoms with Crippen LogP contribution in [0.25, 0.3) is 10.8 Å². The summed E-state index contributed by atoms with van der Waals surface area (Å²) in [4.78, 5) is 31.3. The van der Waals surface area contributed by atoms with Gasteiger partial charge in [-0.2, -0.15) is 0 Å². The van der Waals surface area contributed by atoms with Gasteiger partial charge in [0, 0.05) is 50.5 Å². The van der Waals surface area contributed by atoms with Crippen molar-refractivity contribution in [3.8, 4) is 5.75 Å². The highest BCUT2D eigenvalue weighted by atomic mass is 35.5. The molecule has 0 aromatic heterocycles. The minimum Gasteiger partial charge on any atom is -0.483 e. The number of unbranched alkanes of at least 4 members (excludes halogenated alkanes) is 2. The Hall–Kier alpha value is -2.60. The van der Waals surface area contributed by atoms with Gasteiger partial charge >= 0.3 is 5.97 Å². The zero-order valence-electron chi connectivity index (χ0n) is 17.5. The van der Waals surface area contributed by atoms with Crippen LogP contribution in [0.2, 0.25) is 0 Å². The summed E-state index contributed by atoms with van der Waals surface area (Å²) in [5.74, 6) is 0.381. The third-order valence-electron chi connectivity index (χ3n) is 4.13. The number of alkyl halides is 1. The Kier molecular flexibility index (Phi) is 14.0. The largest absolute Gasteiger partial charge is 0.483 e. The molecule has 0 amide bonds.